The van der Waals surface area contributed by atoms with E-state index >= 15 is 0 Å². The Bertz CT molecular complexity index is 668. The van der Waals surface area contributed by atoms with Gasteiger partial charge in [0.05, 0.1) is 6.54 Å². The number of piperidine rings is 1. The standard InChI is InChI=1S/C19H27N5.HI/c1-16-6-4-10-23(14-16)19(20-2)21-13-17-7-3-8-18(12-17)15-24-11-5-9-22-24;/h3,5,7-9,11-12,16H,4,6,10,13-15H2,1-2H3,(H,20,21);1H. The molecule has 0 aliphatic carbocycles. The van der Waals surface area contributed by atoms with Crippen LogP contribution in [-0.4, -0.2) is 40.8 Å². The van der Waals surface area contributed by atoms with Crippen molar-refractivity contribution in [3.8, 4) is 0 Å². The van der Waals surface area contributed by atoms with Crippen molar-refractivity contribution in [1.29, 1.82) is 0 Å². The molecule has 1 saturated heterocycles. The van der Waals surface area contributed by atoms with Crippen LogP contribution in [0.5, 0.6) is 0 Å². The largest absolute Gasteiger partial charge is 0.352 e. The number of hydrogen-bond acceptors (Lipinski definition) is 2. The van der Waals surface area contributed by atoms with Gasteiger partial charge in [-0.3, -0.25) is 9.67 Å². The fourth-order valence-electron chi connectivity index (χ4n) is 3.31. The molecule has 0 bridgehead atoms. The maximum atomic E-state index is 4.46. The van der Waals surface area contributed by atoms with E-state index in [2.05, 4.69) is 51.5 Å². The summed E-state index contributed by atoms with van der Waals surface area (Å²) in [5, 5.41) is 7.79. The van der Waals surface area contributed by atoms with Gasteiger partial charge in [-0.05, 0) is 36.0 Å². The van der Waals surface area contributed by atoms with Gasteiger partial charge in [-0.1, -0.05) is 31.2 Å². The third-order valence-electron chi connectivity index (χ3n) is 4.51. The number of nitrogens with zero attached hydrogens (tertiary/aromatic N) is 4. The van der Waals surface area contributed by atoms with Gasteiger partial charge >= 0.3 is 0 Å². The van der Waals surface area contributed by atoms with Gasteiger partial charge < -0.3 is 10.2 Å². The number of halogens is 1. The van der Waals surface area contributed by atoms with Crippen molar-refractivity contribution in [2.24, 2.45) is 10.9 Å². The first-order valence-electron chi connectivity index (χ1n) is 8.75. The Labute approximate surface area is 167 Å². The lowest BCUT2D eigenvalue weighted by molar-refractivity contribution is 0.266. The van der Waals surface area contributed by atoms with Crippen LogP contribution in [0.15, 0.2) is 47.7 Å². The summed E-state index contributed by atoms with van der Waals surface area (Å²) < 4.78 is 1.95. The zero-order chi connectivity index (χ0) is 16.8. The first-order valence-corrected chi connectivity index (χ1v) is 8.75. The fourth-order valence-corrected chi connectivity index (χ4v) is 3.31. The minimum atomic E-state index is 0. The Morgan fingerprint density at radius 2 is 2.16 bits per heavy atom. The number of guanidine groups is 1. The minimum absolute atomic E-state index is 0. The highest BCUT2D eigenvalue weighted by Crippen LogP contribution is 2.15. The first kappa shape index (κ1) is 19.8. The molecule has 5 nitrogen and oxygen atoms in total. The van der Waals surface area contributed by atoms with Crippen LogP contribution in [0.25, 0.3) is 0 Å². The highest BCUT2D eigenvalue weighted by Gasteiger charge is 2.18. The van der Waals surface area contributed by atoms with Crippen LogP contribution in [0, 0.1) is 5.92 Å². The lowest BCUT2D eigenvalue weighted by Gasteiger charge is -2.33. The zero-order valence-corrected chi connectivity index (χ0v) is 17.4. The fraction of sp³-hybridized carbons (Fsp3) is 0.474. The topological polar surface area (TPSA) is 45.5 Å². The molecule has 136 valence electrons. The Morgan fingerprint density at radius 3 is 2.88 bits per heavy atom. The summed E-state index contributed by atoms with van der Waals surface area (Å²) >= 11 is 0. The molecule has 1 aliphatic rings. The second kappa shape index (κ2) is 9.79. The van der Waals surface area contributed by atoms with Crippen LogP contribution < -0.4 is 5.32 Å². The summed E-state index contributed by atoms with van der Waals surface area (Å²) in [4.78, 5) is 6.84. The van der Waals surface area contributed by atoms with Crippen molar-refractivity contribution in [2.75, 3.05) is 20.1 Å². The van der Waals surface area contributed by atoms with E-state index in [0.717, 1.165) is 38.1 Å². The molecule has 1 fully saturated rings. The van der Waals surface area contributed by atoms with Gasteiger partial charge in [-0.2, -0.15) is 5.10 Å². The molecule has 1 N–H and O–H groups in total. The second-order valence-electron chi connectivity index (χ2n) is 6.62. The van der Waals surface area contributed by atoms with Gasteiger partial charge in [-0.15, -0.1) is 24.0 Å². The van der Waals surface area contributed by atoms with E-state index in [4.69, 9.17) is 0 Å². The van der Waals surface area contributed by atoms with E-state index in [9.17, 15) is 0 Å². The summed E-state index contributed by atoms with van der Waals surface area (Å²) in [7, 11) is 1.87. The van der Waals surface area contributed by atoms with Crippen LogP contribution in [0.4, 0.5) is 0 Å². The molecule has 0 amide bonds. The maximum absolute atomic E-state index is 4.46. The molecular weight excluding hydrogens is 425 g/mol. The van der Waals surface area contributed by atoms with Crippen molar-refractivity contribution in [3.05, 3.63) is 53.9 Å². The van der Waals surface area contributed by atoms with Crippen LogP contribution >= 0.6 is 24.0 Å². The summed E-state index contributed by atoms with van der Waals surface area (Å²) in [5.41, 5.74) is 2.53. The highest BCUT2D eigenvalue weighted by atomic mass is 127. The van der Waals surface area contributed by atoms with Crippen molar-refractivity contribution in [3.63, 3.8) is 0 Å². The maximum Gasteiger partial charge on any atom is 0.193 e. The van der Waals surface area contributed by atoms with Crippen molar-refractivity contribution in [2.45, 2.75) is 32.9 Å². The van der Waals surface area contributed by atoms with Crippen LogP contribution in [0.3, 0.4) is 0 Å². The molecule has 0 saturated carbocycles. The number of hydrogen-bond donors (Lipinski definition) is 1. The zero-order valence-electron chi connectivity index (χ0n) is 15.1. The highest BCUT2D eigenvalue weighted by molar-refractivity contribution is 14.0. The molecule has 1 unspecified atom stereocenters. The van der Waals surface area contributed by atoms with Crippen molar-refractivity contribution < 1.29 is 0 Å². The average Bonchev–Trinajstić information content (AvgIpc) is 3.09. The Kier molecular flexibility index (Phi) is 7.74. The molecule has 0 radical (unpaired) electrons. The van der Waals surface area contributed by atoms with E-state index in [1.807, 2.05) is 30.2 Å². The normalized spacial score (nSPS) is 17.9. The van der Waals surface area contributed by atoms with E-state index < -0.39 is 0 Å². The SMILES string of the molecule is CN=C(NCc1cccc(Cn2cccn2)c1)N1CCCC(C)C1.I. The van der Waals surface area contributed by atoms with Gasteiger partial charge in [0.1, 0.15) is 0 Å². The Morgan fingerprint density at radius 1 is 1.32 bits per heavy atom. The lowest BCUT2D eigenvalue weighted by Crippen LogP contribution is -2.45. The molecule has 2 aromatic rings. The molecule has 1 aromatic carbocycles. The van der Waals surface area contributed by atoms with Gasteiger partial charge in [0, 0.05) is 39.1 Å². The molecule has 1 aromatic heterocycles. The van der Waals surface area contributed by atoms with E-state index in [1.165, 1.54) is 24.0 Å². The van der Waals surface area contributed by atoms with E-state index in [-0.39, 0.29) is 24.0 Å². The molecule has 3 rings (SSSR count). The number of likely N-dealkylation sites (tertiary alicyclic amines) is 1. The molecule has 25 heavy (non-hydrogen) atoms. The molecule has 1 aliphatic heterocycles. The summed E-state index contributed by atoms with van der Waals surface area (Å²) in [6.07, 6.45) is 6.38. The predicted molar refractivity (Wildman–Crippen MR) is 113 cm³/mol. The summed E-state index contributed by atoms with van der Waals surface area (Å²) in [5.74, 6) is 1.76. The molecule has 2 heterocycles. The van der Waals surface area contributed by atoms with Crippen LogP contribution in [-0.2, 0) is 13.1 Å². The smallest absolute Gasteiger partial charge is 0.193 e. The molecule has 6 heteroatoms. The van der Waals surface area contributed by atoms with Crippen LogP contribution in [0.2, 0.25) is 0 Å². The number of rotatable bonds is 4. The minimum Gasteiger partial charge on any atom is -0.352 e. The van der Waals surface area contributed by atoms with Crippen LogP contribution in [0.1, 0.15) is 30.9 Å². The van der Waals surface area contributed by atoms with Gasteiger partial charge in [0.25, 0.3) is 0 Å². The molecule has 0 spiro atoms. The third kappa shape index (κ3) is 5.73. The van der Waals surface area contributed by atoms with E-state index in [0.29, 0.717) is 0 Å². The number of aromatic nitrogens is 2. The number of benzene rings is 1. The second-order valence-corrected chi connectivity index (χ2v) is 6.62. The Balaban J connectivity index is 0.00000225. The van der Waals surface area contributed by atoms with Gasteiger partial charge in [0.2, 0.25) is 0 Å². The van der Waals surface area contributed by atoms with E-state index in [1.54, 1.807) is 0 Å². The molecular formula is C19H28IN5. The molecule has 1 atom stereocenters. The summed E-state index contributed by atoms with van der Waals surface area (Å²) in [6, 6.07) is 10.6. The quantitative estimate of drug-likeness (QED) is 0.439. The number of aliphatic imine (C=N–C) groups is 1. The van der Waals surface area contributed by atoms with Crippen molar-refractivity contribution >= 4 is 29.9 Å². The van der Waals surface area contributed by atoms with Gasteiger partial charge in [-0.25, -0.2) is 0 Å². The monoisotopic (exact) mass is 453 g/mol. The number of nitrogens with one attached hydrogen (secondary N) is 1. The predicted octanol–water partition coefficient (Wildman–Crippen LogP) is 3.36. The Hall–Kier alpha value is -1.57. The van der Waals surface area contributed by atoms with Gasteiger partial charge in [0.15, 0.2) is 5.96 Å². The third-order valence-corrected chi connectivity index (χ3v) is 4.51. The van der Waals surface area contributed by atoms with Crippen molar-refractivity contribution in [1.82, 2.24) is 20.0 Å². The summed E-state index contributed by atoms with van der Waals surface area (Å²) in [6.45, 7) is 6.12. The first-order chi connectivity index (χ1) is 11.7. The lowest BCUT2D eigenvalue weighted by atomic mass is 10.0. The average molecular weight is 453 g/mol.